The number of anilines is 1. The van der Waals surface area contributed by atoms with E-state index < -0.39 is 0 Å². The number of nitrogens with one attached hydrogen (secondary N) is 2. The van der Waals surface area contributed by atoms with Gasteiger partial charge in [-0.15, -0.1) is 0 Å². The zero-order chi connectivity index (χ0) is 13.5. The van der Waals surface area contributed by atoms with Crippen molar-refractivity contribution in [3.8, 4) is 0 Å². The molecule has 18 heavy (non-hydrogen) atoms. The lowest BCUT2D eigenvalue weighted by Crippen LogP contribution is -2.34. The van der Waals surface area contributed by atoms with Crippen molar-refractivity contribution in [2.75, 3.05) is 25.5 Å². The number of nitrogens with zero attached hydrogens (tertiary/aromatic N) is 1. The molecule has 2 N–H and O–H groups in total. The molecule has 1 aromatic carbocycles. The van der Waals surface area contributed by atoms with Gasteiger partial charge < -0.3 is 15.5 Å². The molecule has 1 unspecified atom stereocenters. The third-order valence-electron chi connectivity index (χ3n) is 3.15. The summed E-state index contributed by atoms with van der Waals surface area (Å²) in [5.41, 5.74) is 2.04. The van der Waals surface area contributed by atoms with Crippen LogP contribution in [-0.4, -0.2) is 31.1 Å². The van der Waals surface area contributed by atoms with Crippen molar-refractivity contribution < 1.29 is 4.79 Å². The number of rotatable bonds is 5. The van der Waals surface area contributed by atoms with Crippen molar-refractivity contribution in [3.63, 3.8) is 0 Å². The SMILES string of the molecule is CCN(CC)C(=O)Nc1ccc(C(C)NC)cc1. The first-order chi connectivity index (χ1) is 8.62. The van der Waals surface area contributed by atoms with Gasteiger partial charge in [-0.25, -0.2) is 4.79 Å². The summed E-state index contributed by atoms with van der Waals surface area (Å²) in [5.74, 6) is 0. The molecule has 0 aliphatic carbocycles. The maximum absolute atomic E-state index is 11.9. The van der Waals surface area contributed by atoms with Crippen LogP contribution in [0.3, 0.4) is 0 Å². The molecule has 0 radical (unpaired) electrons. The Bertz CT molecular complexity index is 371. The van der Waals surface area contributed by atoms with E-state index in [-0.39, 0.29) is 6.03 Å². The number of carbonyl (C=O) groups is 1. The number of urea groups is 1. The average Bonchev–Trinajstić information content (AvgIpc) is 2.40. The van der Waals surface area contributed by atoms with Crippen molar-refractivity contribution >= 4 is 11.7 Å². The zero-order valence-corrected chi connectivity index (χ0v) is 11.7. The lowest BCUT2D eigenvalue weighted by atomic mass is 10.1. The van der Waals surface area contributed by atoms with Gasteiger partial charge in [-0.3, -0.25) is 0 Å². The summed E-state index contributed by atoms with van der Waals surface area (Å²) in [6, 6.07) is 8.19. The molecule has 0 spiro atoms. The summed E-state index contributed by atoms with van der Waals surface area (Å²) in [4.78, 5) is 13.6. The van der Waals surface area contributed by atoms with Gasteiger partial charge in [0, 0.05) is 24.8 Å². The van der Waals surface area contributed by atoms with Gasteiger partial charge in [0.15, 0.2) is 0 Å². The zero-order valence-electron chi connectivity index (χ0n) is 11.7. The Balaban J connectivity index is 2.66. The van der Waals surface area contributed by atoms with Crippen molar-refractivity contribution in [3.05, 3.63) is 29.8 Å². The van der Waals surface area contributed by atoms with Crippen molar-refractivity contribution in [2.24, 2.45) is 0 Å². The standard InChI is InChI=1S/C14H23N3O/c1-5-17(6-2)14(18)16-13-9-7-12(8-10-13)11(3)15-4/h7-11,15H,5-6H2,1-4H3,(H,16,18). The second-order valence-electron chi connectivity index (χ2n) is 4.23. The second-order valence-corrected chi connectivity index (χ2v) is 4.23. The molecule has 0 aliphatic rings. The number of hydrogen-bond donors (Lipinski definition) is 2. The van der Waals surface area contributed by atoms with E-state index in [9.17, 15) is 4.79 Å². The topological polar surface area (TPSA) is 44.4 Å². The van der Waals surface area contributed by atoms with Gasteiger partial charge in [0.2, 0.25) is 0 Å². The minimum absolute atomic E-state index is 0.0468. The van der Waals surface area contributed by atoms with Gasteiger partial charge >= 0.3 is 6.03 Å². The van der Waals surface area contributed by atoms with Crippen LogP contribution < -0.4 is 10.6 Å². The summed E-state index contributed by atoms with van der Waals surface area (Å²) in [6.07, 6.45) is 0. The first-order valence-electron chi connectivity index (χ1n) is 6.45. The molecule has 0 fully saturated rings. The highest BCUT2D eigenvalue weighted by Gasteiger charge is 2.09. The Morgan fingerprint density at radius 2 is 1.78 bits per heavy atom. The predicted molar refractivity (Wildman–Crippen MR) is 75.9 cm³/mol. The molecule has 100 valence electrons. The van der Waals surface area contributed by atoms with Gasteiger partial charge in [0.05, 0.1) is 0 Å². The summed E-state index contributed by atoms with van der Waals surface area (Å²) in [5, 5.41) is 6.08. The van der Waals surface area contributed by atoms with Crippen LogP contribution in [0.15, 0.2) is 24.3 Å². The summed E-state index contributed by atoms with van der Waals surface area (Å²) >= 11 is 0. The third kappa shape index (κ3) is 3.74. The summed E-state index contributed by atoms with van der Waals surface area (Å²) in [7, 11) is 1.93. The molecular formula is C14H23N3O. The predicted octanol–water partition coefficient (Wildman–Crippen LogP) is 2.84. The molecule has 4 heteroatoms. The molecule has 0 heterocycles. The number of benzene rings is 1. The second kappa shape index (κ2) is 7.01. The Kier molecular flexibility index (Phi) is 5.65. The highest BCUT2D eigenvalue weighted by molar-refractivity contribution is 5.89. The minimum Gasteiger partial charge on any atom is -0.325 e. The lowest BCUT2D eigenvalue weighted by Gasteiger charge is -2.19. The van der Waals surface area contributed by atoms with Crippen LogP contribution in [0.2, 0.25) is 0 Å². The van der Waals surface area contributed by atoms with E-state index >= 15 is 0 Å². The van der Waals surface area contributed by atoms with E-state index in [0.29, 0.717) is 6.04 Å². The van der Waals surface area contributed by atoms with Gasteiger partial charge in [-0.1, -0.05) is 12.1 Å². The largest absolute Gasteiger partial charge is 0.325 e. The molecule has 0 aliphatic heterocycles. The molecule has 4 nitrogen and oxygen atoms in total. The van der Waals surface area contributed by atoms with Gasteiger partial charge in [-0.2, -0.15) is 0 Å². The van der Waals surface area contributed by atoms with E-state index in [1.165, 1.54) is 5.56 Å². The Hall–Kier alpha value is -1.55. The van der Waals surface area contributed by atoms with Crippen LogP contribution in [0.1, 0.15) is 32.4 Å². The maximum Gasteiger partial charge on any atom is 0.321 e. The molecule has 1 atom stereocenters. The molecule has 0 saturated heterocycles. The smallest absolute Gasteiger partial charge is 0.321 e. The molecule has 0 aromatic heterocycles. The molecule has 0 bridgehead atoms. The van der Waals surface area contributed by atoms with E-state index in [0.717, 1.165) is 18.8 Å². The van der Waals surface area contributed by atoms with Crippen molar-refractivity contribution in [1.29, 1.82) is 0 Å². The van der Waals surface area contributed by atoms with E-state index in [1.54, 1.807) is 4.90 Å². The van der Waals surface area contributed by atoms with Crippen LogP contribution in [0.25, 0.3) is 0 Å². The Morgan fingerprint density at radius 1 is 1.22 bits per heavy atom. The lowest BCUT2D eigenvalue weighted by molar-refractivity contribution is 0.217. The van der Waals surface area contributed by atoms with Gasteiger partial charge in [-0.05, 0) is 45.5 Å². The quantitative estimate of drug-likeness (QED) is 0.842. The van der Waals surface area contributed by atoms with E-state index in [2.05, 4.69) is 17.6 Å². The Morgan fingerprint density at radius 3 is 2.22 bits per heavy atom. The fourth-order valence-electron chi connectivity index (χ4n) is 1.74. The third-order valence-corrected chi connectivity index (χ3v) is 3.15. The first kappa shape index (κ1) is 14.5. The molecule has 0 saturated carbocycles. The monoisotopic (exact) mass is 249 g/mol. The fourth-order valence-corrected chi connectivity index (χ4v) is 1.74. The van der Waals surface area contributed by atoms with Crippen LogP contribution >= 0.6 is 0 Å². The fraction of sp³-hybridized carbons (Fsp3) is 0.500. The van der Waals surface area contributed by atoms with E-state index in [1.807, 2.05) is 45.2 Å². The molecular weight excluding hydrogens is 226 g/mol. The normalized spacial score (nSPS) is 12.0. The van der Waals surface area contributed by atoms with Gasteiger partial charge in [0.25, 0.3) is 0 Å². The van der Waals surface area contributed by atoms with Crippen molar-refractivity contribution in [2.45, 2.75) is 26.8 Å². The summed E-state index contributed by atoms with van der Waals surface area (Å²) in [6.45, 7) is 7.49. The maximum atomic E-state index is 11.9. The van der Waals surface area contributed by atoms with Gasteiger partial charge in [0.1, 0.15) is 0 Å². The Labute approximate surface area is 109 Å². The minimum atomic E-state index is -0.0468. The number of hydrogen-bond acceptors (Lipinski definition) is 2. The van der Waals surface area contributed by atoms with Crippen LogP contribution in [0.4, 0.5) is 10.5 Å². The summed E-state index contributed by atoms with van der Waals surface area (Å²) < 4.78 is 0. The van der Waals surface area contributed by atoms with Crippen molar-refractivity contribution in [1.82, 2.24) is 10.2 Å². The first-order valence-corrected chi connectivity index (χ1v) is 6.45. The van der Waals surface area contributed by atoms with E-state index in [4.69, 9.17) is 0 Å². The van der Waals surface area contributed by atoms with Crippen LogP contribution in [0, 0.1) is 0 Å². The molecule has 1 aromatic rings. The molecule has 2 amide bonds. The number of carbonyl (C=O) groups excluding carboxylic acids is 1. The highest BCUT2D eigenvalue weighted by atomic mass is 16.2. The average molecular weight is 249 g/mol. The number of amides is 2. The van der Waals surface area contributed by atoms with Crippen LogP contribution in [-0.2, 0) is 0 Å². The highest BCUT2D eigenvalue weighted by Crippen LogP contribution is 2.15. The van der Waals surface area contributed by atoms with Crippen LogP contribution in [0.5, 0.6) is 0 Å². The molecule has 1 rings (SSSR count).